The van der Waals surface area contributed by atoms with Gasteiger partial charge in [-0.25, -0.2) is 9.97 Å². The molecular formula is C11H12ClN3S. The van der Waals surface area contributed by atoms with Crippen molar-refractivity contribution >= 4 is 28.8 Å². The van der Waals surface area contributed by atoms with Gasteiger partial charge in [0.25, 0.3) is 0 Å². The van der Waals surface area contributed by atoms with Crippen LogP contribution in [0.25, 0.3) is 0 Å². The maximum absolute atomic E-state index is 5.95. The lowest BCUT2D eigenvalue weighted by Gasteiger charge is -2.06. The maximum Gasteiger partial charge on any atom is 0.148 e. The highest BCUT2D eigenvalue weighted by atomic mass is 35.5. The molecule has 0 saturated carbocycles. The summed E-state index contributed by atoms with van der Waals surface area (Å²) in [5, 5.41) is 5.88. The molecule has 0 atom stereocenters. The third-order valence-corrected chi connectivity index (χ3v) is 3.54. The summed E-state index contributed by atoms with van der Waals surface area (Å²) >= 11 is 7.70. The fraction of sp³-hybridized carbons (Fsp3) is 0.273. The second-order valence-electron chi connectivity index (χ2n) is 3.30. The van der Waals surface area contributed by atoms with Crippen molar-refractivity contribution in [2.45, 2.75) is 19.9 Å². The predicted molar refractivity (Wildman–Crippen MR) is 68.1 cm³/mol. The molecule has 0 radical (unpaired) electrons. The Labute approximate surface area is 104 Å². The summed E-state index contributed by atoms with van der Waals surface area (Å²) in [5.41, 5.74) is 1.38. The van der Waals surface area contributed by atoms with Gasteiger partial charge in [0.15, 0.2) is 0 Å². The second-order valence-corrected chi connectivity index (χ2v) is 4.70. The number of hydrogen-bond acceptors (Lipinski definition) is 4. The molecule has 2 rings (SSSR count). The summed E-state index contributed by atoms with van der Waals surface area (Å²) in [7, 11) is 0. The number of nitrogens with zero attached hydrogens (tertiary/aromatic N) is 2. The van der Waals surface area contributed by atoms with E-state index in [4.69, 9.17) is 11.6 Å². The Morgan fingerprint density at radius 3 is 3.12 bits per heavy atom. The first-order valence-corrected chi connectivity index (χ1v) is 6.31. The van der Waals surface area contributed by atoms with Crippen LogP contribution < -0.4 is 5.32 Å². The zero-order chi connectivity index (χ0) is 11.4. The summed E-state index contributed by atoms with van der Waals surface area (Å²) in [6.45, 7) is 2.92. The van der Waals surface area contributed by atoms with Crippen LogP contribution in [0.1, 0.15) is 17.4 Å². The van der Waals surface area contributed by atoms with Crippen LogP contribution in [0.4, 0.5) is 5.82 Å². The minimum Gasteiger partial charge on any atom is -0.364 e. The van der Waals surface area contributed by atoms with Crippen LogP contribution in [-0.4, -0.2) is 9.97 Å². The van der Waals surface area contributed by atoms with E-state index in [1.807, 2.05) is 0 Å². The Bertz CT molecular complexity index is 470. The van der Waals surface area contributed by atoms with E-state index in [-0.39, 0.29) is 0 Å². The predicted octanol–water partition coefficient (Wildman–Crippen LogP) is 3.37. The largest absolute Gasteiger partial charge is 0.364 e. The zero-order valence-corrected chi connectivity index (χ0v) is 10.5. The zero-order valence-electron chi connectivity index (χ0n) is 8.90. The lowest BCUT2D eigenvalue weighted by molar-refractivity contribution is 1.05. The molecule has 2 aromatic heterocycles. The maximum atomic E-state index is 5.95. The van der Waals surface area contributed by atoms with Gasteiger partial charge in [0.05, 0.1) is 12.7 Å². The number of halogens is 1. The third kappa shape index (κ3) is 2.51. The molecule has 3 nitrogen and oxygen atoms in total. The SMILES string of the molecule is CCc1ccsc1CNc1ncncc1Cl. The van der Waals surface area contributed by atoms with Crippen molar-refractivity contribution < 1.29 is 0 Å². The van der Waals surface area contributed by atoms with E-state index in [9.17, 15) is 0 Å². The van der Waals surface area contributed by atoms with Gasteiger partial charge in [0.2, 0.25) is 0 Å². The number of nitrogens with one attached hydrogen (secondary N) is 1. The standard InChI is InChI=1S/C11H12ClN3S/c1-2-8-3-4-16-10(8)6-14-11-9(12)5-13-7-15-11/h3-5,7H,2,6H2,1H3,(H,13,14,15). The van der Waals surface area contributed by atoms with Crippen LogP contribution in [0.3, 0.4) is 0 Å². The summed E-state index contributed by atoms with van der Waals surface area (Å²) in [6.07, 6.45) is 4.13. The summed E-state index contributed by atoms with van der Waals surface area (Å²) in [5.74, 6) is 0.687. The molecule has 0 aromatic carbocycles. The van der Waals surface area contributed by atoms with Gasteiger partial charge < -0.3 is 5.32 Å². The van der Waals surface area contributed by atoms with Crippen molar-refractivity contribution in [1.29, 1.82) is 0 Å². The molecule has 0 aliphatic carbocycles. The molecule has 0 unspecified atom stereocenters. The highest BCUT2D eigenvalue weighted by Gasteiger charge is 2.04. The van der Waals surface area contributed by atoms with E-state index in [1.54, 1.807) is 17.5 Å². The van der Waals surface area contributed by atoms with Gasteiger partial charge in [0.1, 0.15) is 17.2 Å². The number of anilines is 1. The van der Waals surface area contributed by atoms with Gasteiger partial charge in [-0.2, -0.15) is 0 Å². The van der Waals surface area contributed by atoms with Crippen molar-refractivity contribution in [1.82, 2.24) is 9.97 Å². The van der Waals surface area contributed by atoms with Crippen LogP contribution in [0.15, 0.2) is 24.0 Å². The van der Waals surface area contributed by atoms with Gasteiger partial charge in [-0.05, 0) is 23.4 Å². The van der Waals surface area contributed by atoms with Crippen molar-refractivity contribution in [3.8, 4) is 0 Å². The Morgan fingerprint density at radius 1 is 1.50 bits per heavy atom. The van der Waals surface area contributed by atoms with Gasteiger partial charge in [-0.15, -0.1) is 11.3 Å². The molecule has 2 heterocycles. The van der Waals surface area contributed by atoms with E-state index in [1.165, 1.54) is 16.8 Å². The molecule has 0 spiro atoms. The van der Waals surface area contributed by atoms with Gasteiger partial charge in [-0.1, -0.05) is 18.5 Å². The highest BCUT2D eigenvalue weighted by Crippen LogP contribution is 2.21. The van der Waals surface area contributed by atoms with Crippen molar-refractivity contribution in [2.75, 3.05) is 5.32 Å². The summed E-state index contributed by atoms with van der Waals surface area (Å²) < 4.78 is 0. The Kier molecular flexibility index (Phi) is 3.74. The van der Waals surface area contributed by atoms with Crippen molar-refractivity contribution in [3.63, 3.8) is 0 Å². The van der Waals surface area contributed by atoms with Crippen LogP contribution in [0.2, 0.25) is 5.02 Å². The highest BCUT2D eigenvalue weighted by molar-refractivity contribution is 7.10. The van der Waals surface area contributed by atoms with Crippen LogP contribution >= 0.6 is 22.9 Å². The smallest absolute Gasteiger partial charge is 0.148 e. The van der Waals surface area contributed by atoms with E-state index >= 15 is 0 Å². The number of aromatic nitrogens is 2. The first kappa shape index (κ1) is 11.4. The molecule has 16 heavy (non-hydrogen) atoms. The molecule has 84 valence electrons. The number of thiophene rings is 1. The molecule has 1 N–H and O–H groups in total. The van der Waals surface area contributed by atoms with Gasteiger partial charge >= 0.3 is 0 Å². The quantitative estimate of drug-likeness (QED) is 0.908. The number of aryl methyl sites for hydroxylation is 1. The molecule has 0 fully saturated rings. The summed E-state index contributed by atoms with van der Waals surface area (Å²) in [4.78, 5) is 9.26. The molecule has 0 amide bonds. The van der Waals surface area contributed by atoms with E-state index < -0.39 is 0 Å². The number of hydrogen-bond donors (Lipinski definition) is 1. The Balaban J connectivity index is 2.05. The molecular weight excluding hydrogens is 242 g/mol. The lowest BCUT2D eigenvalue weighted by Crippen LogP contribution is -2.02. The molecule has 5 heteroatoms. The third-order valence-electron chi connectivity index (χ3n) is 2.30. The average Bonchev–Trinajstić information content (AvgIpc) is 2.75. The number of rotatable bonds is 4. The molecule has 0 bridgehead atoms. The second kappa shape index (κ2) is 5.27. The topological polar surface area (TPSA) is 37.8 Å². The average molecular weight is 254 g/mol. The molecule has 0 aliphatic rings. The minimum atomic E-state index is 0.553. The van der Waals surface area contributed by atoms with E-state index in [2.05, 4.69) is 33.7 Å². The van der Waals surface area contributed by atoms with E-state index in [0.717, 1.165) is 13.0 Å². The van der Waals surface area contributed by atoms with E-state index in [0.29, 0.717) is 10.8 Å². The first-order valence-electron chi connectivity index (χ1n) is 5.06. The fourth-order valence-electron chi connectivity index (χ4n) is 1.44. The van der Waals surface area contributed by atoms with Crippen LogP contribution in [0.5, 0.6) is 0 Å². The Hall–Kier alpha value is -1.13. The monoisotopic (exact) mass is 253 g/mol. The normalized spacial score (nSPS) is 10.4. The van der Waals surface area contributed by atoms with Crippen molar-refractivity contribution in [2.24, 2.45) is 0 Å². The molecule has 2 aromatic rings. The lowest BCUT2D eigenvalue weighted by atomic mass is 10.2. The minimum absolute atomic E-state index is 0.553. The molecule has 0 saturated heterocycles. The van der Waals surface area contributed by atoms with Gasteiger partial charge in [-0.3, -0.25) is 0 Å². The van der Waals surface area contributed by atoms with Crippen molar-refractivity contribution in [3.05, 3.63) is 39.4 Å². The first-order chi connectivity index (χ1) is 7.81. The fourth-order valence-corrected chi connectivity index (χ4v) is 2.53. The van der Waals surface area contributed by atoms with Gasteiger partial charge in [0, 0.05) is 4.88 Å². The van der Waals surface area contributed by atoms with Crippen LogP contribution in [-0.2, 0) is 13.0 Å². The van der Waals surface area contributed by atoms with Crippen LogP contribution in [0, 0.1) is 0 Å². The Morgan fingerprint density at radius 2 is 2.38 bits per heavy atom. The molecule has 0 aliphatic heterocycles. The summed E-state index contributed by atoms with van der Waals surface area (Å²) in [6, 6.07) is 2.16.